The molecule has 2 nitrogen and oxygen atoms in total. The summed E-state index contributed by atoms with van der Waals surface area (Å²) >= 11 is 0. The number of pyridine rings is 1. The van der Waals surface area contributed by atoms with Crippen LogP contribution in [-0.2, 0) is 6.42 Å². The summed E-state index contributed by atoms with van der Waals surface area (Å²) in [6.07, 6.45) is 2.12. The minimum Gasteiger partial charge on any atom is -0.399 e. The Kier molecular flexibility index (Phi) is 2.86. The molecule has 0 aliphatic rings. The van der Waals surface area contributed by atoms with Crippen LogP contribution in [0.1, 0.15) is 12.5 Å². The van der Waals surface area contributed by atoms with Gasteiger partial charge in [-0.25, -0.2) is 4.39 Å². The van der Waals surface area contributed by atoms with Crippen molar-refractivity contribution in [3.8, 4) is 11.3 Å². The van der Waals surface area contributed by atoms with Crippen molar-refractivity contribution in [3.63, 3.8) is 0 Å². The van der Waals surface area contributed by atoms with Gasteiger partial charge in [0.1, 0.15) is 5.82 Å². The molecular formula is C13H13FN2. The fourth-order valence-corrected chi connectivity index (χ4v) is 1.68. The summed E-state index contributed by atoms with van der Waals surface area (Å²) in [5.74, 6) is -0.328. The van der Waals surface area contributed by atoms with Crippen molar-refractivity contribution in [1.82, 2.24) is 4.98 Å². The largest absolute Gasteiger partial charge is 0.399 e. The van der Waals surface area contributed by atoms with Gasteiger partial charge in [-0.1, -0.05) is 13.0 Å². The molecule has 2 aromatic rings. The van der Waals surface area contributed by atoms with Crippen LogP contribution in [0.2, 0.25) is 0 Å². The summed E-state index contributed by atoms with van der Waals surface area (Å²) in [5, 5.41) is 0. The van der Waals surface area contributed by atoms with Crippen molar-refractivity contribution >= 4 is 5.69 Å². The van der Waals surface area contributed by atoms with Crippen LogP contribution >= 0.6 is 0 Å². The second-order valence-corrected chi connectivity index (χ2v) is 3.63. The van der Waals surface area contributed by atoms with Crippen LogP contribution in [0.25, 0.3) is 11.3 Å². The maximum absolute atomic E-state index is 12.8. The first kappa shape index (κ1) is 10.6. The highest BCUT2D eigenvalue weighted by molar-refractivity contribution is 5.68. The monoisotopic (exact) mass is 216 g/mol. The van der Waals surface area contributed by atoms with E-state index in [4.69, 9.17) is 5.73 Å². The van der Waals surface area contributed by atoms with E-state index < -0.39 is 0 Å². The Morgan fingerprint density at radius 2 is 2.06 bits per heavy atom. The van der Waals surface area contributed by atoms with Crippen LogP contribution in [0, 0.1) is 5.82 Å². The molecule has 2 N–H and O–H groups in total. The first-order valence-electron chi connectivity index (χ1n) is 5.21. The summed E-state index contributed by atoms with van der Waals surface area (Å²) in [6.45, 7) is 2.07. The van der Waals surface area contributed by atoms with Crippen molar-refractivity contribution in [2.75, 3.05) is 5.73 Å². The number of benzene rings is 1. The molecule has 0 bridgehead atoms. The van der Waals surface area contributed by atoms with Crippen molar-refractivity contribution in [1.29, 1.82) is 0 Å². The number of anilines is 1. The second-order valence-electron chi connectivity index (χ2n) is 3.63. The van der Waals surface area contributed by atoms with E-state index in [2.05, 4.69) is 11.9 Å². The molecular weight excluding hydrogens is 203 g/mol. The molecule has 2 rings (SSSR count). The molecule has 0 fully saturated rings. The Morgan fingerprint density at radius 1 is 1.25 bits per heavy atom. The third-order valence-corrected chi connectivity index (χ3v) is 2.52. The van der Waals surface area contributed by atoms with Crippen LogP contribution in [0.15, 0.2) is 36.5 Å². The molecule has 0 unspecified atom stereocenters. The number of hydrogen-bond acceptors (Lipinski definition) is 2. The number of halogens is 1. The van der Waals surface area contributed by atoms with E-state index in [0.717, 1.165) is 23.2 Å². The lowest BCUT2D eigenvalue weighted by atomic mass is 10.0. The van der Waals surface area contributed by atoms with E-state index in [-0.39, 0.29) is 5.82 Å². The molecule has 1 aromatic heterocycles. The van der Waals surface area contributed by atoms with Crippen molar-refractivity contribution in [2.45, 2.75) is 13.3 Å². The lowest BCUT2D eigenvalue weighted by Gasteiger charge is -2.08. The number of aryl methyl sites for hydroxylation is 1. The molecule has 82 valence electrons. The number of hydrogen-bond donors (Lipinski definition) is 1. The molecule has 1 aromatic carbocycles. The van der Waals surface area contributed by atoms with Gasteiger partial charge in [0.2, 0.25) is 0 Å². The van der Waals surface area contributed by atoms with E-state index in [1.807, 2.05) is 18.2 Å². The van der Waals surface area contributed by atoms with E-state index >= 15 is 0 Å². The van der Waals surface area contributed by atoms with Gasteiger partial charge in [0.25, 0.3) is 0 Å². The van der Waals surface area contributed by atoms with Gasteiger partial charge < -0.3 is 5.73 Å². The zero-order chi connectivity index (χ0) is 11.5. The standard InChI is InChI=1S/C13H13FN2/c1-2-9-3-5-11(15)7-12(9)13-6-4-10(14)8-16-13/h3-8H,2,15H2,1H3. The summed E-state index contributed by atoms with van der Waals surface area (Å²) in [6, 6.07) is 8.80. The Labute approximate surface area is 93.9 Å². The third-order valence-electron chi connectivity index (χ3n) is 2.52. The van der Waals surface area contributed by atoms with E-state index in [9.17, 15) is 4.39 Å². The normalized spacial score (nSPS) is 10.4. The maximum Gasteiger partial charge on any atom is 0.141 e. The Hall–Kier alpha value is -1.90. The van der Waals surface area contributed by atoms with E-state index in [0.29, 0.717) is 5.69 Å². The molecule has 0 saturated heterocycles. The highest BCUT2D eigenvalue weighted by atomic mass is 19.1. The lowest BCUT2D eigenvalue weighted by Crippen LogP contribution is -1.93. The SMILES string of the molecule is CCc1ccc(N)cc1-c1ccc(F)cn1. The quantitative estimate of drug-likeness (QED) is 0.784. The average Bonchev–Trinajstić information content (AvgIpc) is 2.30. The van der Waals surface area contributed by atoms with Crippen LogP contribution in [0.3, 0.4) is 0 Å². The summed E-state index contributed by atoms with van der Waals surface area (Å²) in [7, 11) is 0. The molecule has 16 heavy (non-hydrogen) atoms. The van der Waals surface area contributed by atoms with Gasteiger partial charge in [0.15, 0.2) is 0 Å². The van der Waals surface area contributed by atoms with Gasteiger partial charge in [-0.2, -0.15) is 0 Å². The third kappa shape index (κ3) is 2.03. The fourth-order valence-electron chi connectivity index (χ4n) is 1.68. The average molecular weight is 216 g/mol. The van der Waals surface area contributed by atoms with Gasteiger partial charge in [-0.05, 0) is 36.2 Å². The first-order valence-corrected chi connectivity index (χ1v) is 5.21. The highest BCUT2D eigenvalue weighted by Crippen LogP contribution is 2.24. The van der Waals surface area contributed by atoms with Gasteiger partial charge in [-0.15, -0.1) is 0 Å². The topological polar surface area (TPSA) is 38.9 Å². The number of nitrogen functional groups attached to an aromatic ring is 1. The zero-order valence-corrected chi connectivity index (χ0v) is 9.07. The molecule has 1 heterocycles. The number of rotatable bonds is 2. The smallest absolute Gasteiger partial charge is 0.141 e. The summed E-state index contributed by atoms with van der Waals surface area (Å²) < 4.78 is 12.8. The van der Waals surface area contributed by atoms with Gasteiger partial charge in [-0.3, -0.25) is 4.98 Å². The zero-order valence-electron chi connectivity index (χ0n) is 9.07. The molecule has 3 heteroatoms. The molecule has 0 radical (unpaired) electrons. The molecule has 0 amide bonds. The van der Waals surface area contributed by atoms with Gasteiger partial charge >= 0.3 is 0 Å². The van der Waals surface area contributed by atoms with Crippen LogP contribution in [0.4, 0.5) is 10.1 Å². The number of nitrogens with two attached hydrogens (primary N) is 1. The predicted molar refractivity (Wildman–Crippen MR) is 63.4 cm³/mol. The fraction of sp³-hybridized carbons (Fsp3) is 0.154. The predicted octanol–water partition coefficient (Wildman–Crippen LogP) is 3.03. The van der Waals surface area contributed by atoms with Crippen LogP contribution in [0.5, 0.6) is 0 Å². The molecule has 0 aliphatic heterocycles. The Balaban J connectivity index is 2.53. The van der Waals surface area contributed by atoms with Crippen molar-refractivity contribution in [3.05, 3.63) is 47.9 Å². The Morgan fingerprint density at radius 3 is 2.69 bits per heavy atom. The highest BCUT2D eigenvalue weighted by Gasteiger charge is 2.05. The van der Waals surface area contributed by atoms with E-state index in [1.165, 1.54) is 12.3 Å². The van der Waals surface area contributed by atoms with Crippen LogP contribution in [-0.4, -0.2) is 4.98 Å². The number of aromatic nitrogens is 1. The Bertz CT molecular complexity index is 492. The number of nitrogens with zero attached hydrogens (tertiary/aromatic N) is 1. The lowest BCUT2D eigenvalue weighted by molar-refractivity contribution is 0.622. The van der Waals surface area contributed by atoms with Crippen molar-refractivity contribution in [2.24, 2.45) is 0 Å². The van der Waals surface area contributed by atoms with Crippen molar-refractivity contribution < 1.29 is 4.39 Å². The maximum atomic E-state index is 12.8. The van der Waals surface area contributed by atoms with E-state index in [1.54, 1.807) is 6.07 Å². The van der Waals surface area contributed by atoms with Gasteiger partial charge in [0.05, 0.1) is 11.9 Å². The molecule has 0 saturated carbocycles. The second kappa shape index (κ2) is 4.31. The molecule has 0 aliphatic carbocycles. The summed E-state index contributed by atoms with van der Waals surface area (Å²) in [4.78, 5) is 4.07. The minimum atomic E-state index is -0.328. The van der Waals surface area contributed by atoms with Gasteiger partial charge in [0, 0.05) is 11.3 Å². The van der Waals surface area contributed by atoms with Crippen LogP contribution < -0.4 is 5.73 Å². The first-order chi connectivity index (χ1) is 7.70. The summed E-state index contributed by atoms with van der Waals surface area (Å²) in [5.41, 5.74) is 9.33. The minimum absolute atomic E-state index is 0.328. The molecule has 0 atom stereocenters. The molecule has 0 spiro atoms.